The van der Waals surface area contributed by atoms with E-state index in [9.17, 15) is 26.7 Å². The van der Waals surface area contributed by atoms with Crippen molar-refractivity contribution in [1.82, 2.24) is 14.8 Å². The SMILES string of the molecule is Cc1ccc(-c2cccnc2[C@@H](CC(=O)Cn2nc(C(F)(F)F)c3c2CCCC3)Cc2cc(F)cc(F)c2)cc1. The number of carbonyl (C=O) groups excluding carboxylic acids is 1. The molecule has 0 N–H and O–H groups in total. The Bertz CT molecular complexity index is 1500. The molecule has 1 aliphatic rings. The Labute approximate surface area is 228 Å². The molecule has 0 fully saturated rings. The molecule has 208 valence electrons. The summed E-state index contributed by atoms with van der Waals surface area (Å²) in [5.41, 5.74) is 3.33. The molecule has 0 saturated heterocycles. The zero-order valence-corrected chi connectivity index (χ0v) is 21.9. The molecular weight excluding hydrogens is 525 g/mol. The highest BCUT2D eigenvalue weighted by atomic mass is 19.4. The van der Waals surface area contributed by atoms with Gasteiger partial charge >= 0.3 is 6.18 Å². The number of halogens is 5. The Morgan fingerprint density at radius 1 is 1.00 bits per heavy atom. The van der Waals surface area contributed by atoms with E-state index in [1.807, 2.05) is 37.3 Å². The second kappa shape index (κ2) is 11.3. The zero-order valence-electron chi connectivity index (χ0n) is 21.9. The maximum atomic E-state index is 14.0. The van der Waals surface area contributed by atoms with Crippen LogP contribution in [0.4, 0.5) is 22.0 Å². The first-order chi connectivity index (χ1) is 19.1. The third-order valence-corrected chi connectivity index (χ3v) is 7.32. The number of nitrogens with zero attached hydrogens (tertiary/aromatic N) is 3. The maximum Gasteiger partial charge on any atom is 0.435 e. The molecule has 0 amide bonds. The first kappa shape index (κ1) is 27.7. The second-order valence-electron chi connectivity index (χ2n) is 10.4. The molecule has 9 heteroatoms. The average Bonchev–Trinajstić information content (AvgIpc) is 3.27. The number of hydrogen-bond acceptors (Lipinski definition) is 3. The monoisotopic (exact) mass is 553 g/mol. The third kappa shape index (κ3) is 6.13. The number of aromatic nitrogens is 3. The fourth-order valence-electron chi connectivity index (χ4n) is 5.53. The highest BCUT2D eigenvalue weighted by molar-refractivity contribution is 5.80. The third-order valence-electron chi connectivity index (χ3n) is 7.32. The van der Waals surface area contributed by atoms with Crippen LogP contribution in [0.2, 0.25) is 0 Å². The lowest BCUT2D eigenvalue weighted by Crippen LogP contribution is -2.19. The molecule has 1 aliphatic carbocycles. The zero-order chi connectivity index (χ0) is 28.4. The first-order valence-corrected chi connectivity index (χ1v) is 13.2. The fourth-order valence-corrected chi connectivity index (χ4v) is 5.53. The van der Waals surface area contributed by atoms with Crippen molar-refractivity contribution < 1.29 is 26.7 Å². The van der Waals surface area contributed by atoms with Crippen molar-refractivity contribution in [2.24, 2.45) is 0 Å². The van der Waals surface area contributed by atoms with Gasteiger partial charge in [-0.05, 0) is 68.4 Å². The highest BCUT2D eigenvalue weighted by Crippen LogP contribution is 2.37. The molecule has 0 aliphatic heterocycles. The highest BCUT2D eigenvalue weighted by Gasteiger charge is 2.39. The summed E-state index contributed by atoms with van der Waals surface area (Å²) >= 11 is 0. The maximum absolute atomic E-state index is 14.0. The van der Waals surface area contributed by atoms with Gasteiger partial charge < -0.3 is 0 Å². The molecule has 2 aromatic carbocycles. The number of carbonyl (C=O) groups is 1. The summed E-state index contributed by atoms with van der Waals surface area (Å²) in [6, 6.07) is 14.6. The predicted molar refractivity (Wildman–Crippen MR) is 141 cm³/mol. The molecule has 0 spiro atoms. The van der Waals surface area contributed by atoms with Crippen molar-refractivity contribution >= 4 is 5.78 Å². The molecule has 0 radical (unpaired) electrons. The van der Waals surface area contributed by atoms with E-state index < -0.39 is 29.4 Å². The van der Waals surface area contributed by atoms with E-state index in [1.165, 1.54) is 16.8 Å². The Balaban J connectivity index is 1.49. The number of alkyl halides is 3. The van der Waals surface area contributed by atoms with Crippen LogP contribution in [-0.2, 0) is 36.8 Å². The van der Waals surface area contributed by atoms with E-state index in [-0.39, 0.29) is 37.2 Å². The van der Waals surface area contributed by atoms with Crippen LogP contribution in [-0.4, -0.2) is 20.5 Å². The van der Waals surface area contributed by atoms with E-state index in [2.05, 4.69) is 10.1 Å². The van der Waals surface area contributed by atoms with E-state index in [0.717, 1.165) is 29.2 Å². The minimum Gasteiger partial charge on any atom is -0.298 e. The predicted octanol–water partition coefficient (Wildman–Crippen LogP) is 7.42. The van der Waals surface area contributed by atoms with Gasteiger partial charge in [0.1, 0.15) is 11.6 Å². The molecule has 0 unspecified atom stereocenters. The van der Waals surface area contributed by atoms with Gasteiger partial charge in [-0.15, -0.1) is 0 Å². The summed E-state index contributed by atoms with van der Waals surface area (Å²) in [6.07, 6.45) is -0.914. The summed E-state index contributed by atoms with van der Waals surface area (Å²) in [6.45, 7) is 1.64. The molecule has 0 saturated carbocycles. The standard InChI is InChI=1S/C31H28F5N3O/c1-19-8-10-21(11-9-19)26-6-4-12-37-29(26)22(13-20-14-23(32)17-24(33)15-20)16-25(40)18-39-28-7-3-2-5-27(28)30(38-39)31(34,35)36/h4,6,8-12,14-15,17,22H,2-3,5,7,13,16,18H2,1H3/t22-/m1/s1. The summed E-state index contributed by atoms with van der Waals surface area (Å²) in [4.78, 5) is 18.0. The Morgan fingerprint density at radius 3 is 2.40 bits per heavy atom. The Morgan fingerprint density at radius 2 is 1.70 bits per heavy atom. The number of Topliss-reactive ketones (excluding diaryl/α,β-unsaturated/α-hetero) is 1. The lowest BCUT2D eigenvalue weighted by atomic mass is 9.86. The minimum atomic E-state index is -4.60. The topological polar surface area (TPSA) is 47.8 Å². The molecule has 4 aromatic rings. The van der Waals surface area contributed by atoms with Gasteiger partial charge in [-0.3, -0.25) is 14.5 Å². The summed E-state index contributed by atoms with van der Waals surface area (Å²) in [5.74, 6) is -2.39. The smallest absolute Gasteiger partial charge is 0.298 e. The number of aryl methyl sites for hydroxylation is 1. The quantitative estimate of drug-likeness (QED) is 0.214. The van der Waals surface area contributed by atoms with Crippen molar-refractivity contribution in [3.05, 3.63) is 106 Å². The van der Waals surface area contributed by atoms with Crippen molar-refractivity contribution in [2.75, 3.05) is 0 Å². The molecule has 0 bridgehead atoms. The van der Waals surface area contributed by atoms with Gasteiger partial charge in [0.25, 0.3) is 0 Å². The van der Waals surface area contributed by atoms with E-state index >= 15 is 0 Å². The molecular formula is C31H28F5N3O. The van der Waals surface area contributed by atoms with Crippen LogP contribution >= 0.6 is 0 Å². The van der Waals surface area contributed by atoms with Gasteiger partial charge in [-0.1, -0.05) is 35.9 Å². The van der Waals surface area contributed by atoms with Crippen molar-refractivity contribution in [3.63, 3.8) is 0 Å². The molecule has 1 atom stereocenters. The van der Waals surface area contributed by atoms with Gasteiger partial charge in [0.2, 0.25) is 0 Å². The van der Waals surface area contributed by atoms with Gasteiger partial charge in [-0.2, -0.15) is 18.3 Å². The van der Waals surface area contributed by atoms with Crippen molar-refractivity contribution in [2.45, 2.75) is 64.1 Å². The van der Waals surface area contributed by atoms with Crippen LogP contribution in [0.1, 0.15) is 59.0 Å². The van der Waals surface area contributed by atoms with Crippen LogP contribution < -0.4 is 0 Å². The summed E-state index contributed by atoms with van der Waals surface area (Å²) < 4.78 is 70.3. The van der Waals surface area contributed by atoms with E-state index in [1.54, 1.807) is 12.3 Å². The number of hydrogen-bond donors (Lipinski definition) is 0. The lowest BCUT2D eigenvalue weighted by molar-refractivity contribution is -0.142. The number of ketones is 1. The van der Waals surface area contributed by atoms with Crippen LogP contribution in [0, 0.1) is 18.6 Å². The van der Waals surface area contributed by atoms with Gasteiger partial charge in [0.15, 0.2) is 11.5 Å². The van der Waals surface area contributed by atoms with Crippen molar-refractivity contribution in [1.29, 1.82) is 0 Å². The normalized spacial score (nSPS) is 14.2. The molecule has 4 nitrogen and oxygen atoms in total. The number of rotatable bonds is 8. The average molecular weight is 554 g/mol. The number of fused-ring (bicyclic) bond motifs is 1. The van der Waals surface area contributed by atoms with E-state index in [4.69, 9.17) is 0 Å². The van der Waals surface area contributed by atoms with Crippen molar-refractivity contribution in [3.8, 4) is 11.1 Å². The molecule has 2 aromatic heterocycles. The summed E-state index contributed by atoms with van der Waals surface area (Å²) in [5, 5.41) is 3.82. The molecule has 40 heavy (non-hydrogen) atoms. The van der Waals surface area contributed by atoms with Gasteiger partial charge in [0, 0.05) is 41.4 Å². The second-order valence-corrected chi connectivity index (χ2v) is 10.4. The van der Waals surface area contributed by atoms with Gasteiger partial charge in [0.05, 0.1) is 12.2 Å². The van der Waals surface area contributed by atoms with Gasteiger partial charge in [-0.25, -0.2) is 8.78 Å². The number of benzene rings is 2. The largest absolute Gasteiger partial charge is 0.435 e. The summed E-state index contributed by atoms with van der Waals surface area (Å²) in [7, 11) is 0. The van der Waals surface area contributed by atoms with Crippen LogP contribution in [0.25, 0.3) is 11.1 Å². The van der Waals surface area contributed by atoms with Crippen LogP contribution in [0.5, 0.6) is 0 Å². The molecule has 5 rings (SSSR count). The van der Waals surface area contributed by atoms with Crippen LogP contribution in [0.15, 0.2) is 60.8 Å². The Hall–Kier alpha value is -3.88. The Kier molecular flexibility index (Phi) is 7.83. The first-order valence-electron chi connectivity index (χ1n) is 13.2. The fraction of sp³-hybridized carbons (Fsp3) is 0.323. The van der Waals surface area contributed by atoms with E-state index in [0.29, 0.717) is 29.8 Å². The number of pyridine rings is 1. The lowest BCUT2D eigenvalue weighted by Gasteiger charge is -2.20. The minimum absolute atomic E-state index is 0.0933. The van der Waals surface area contributed by atoms with Crippen LogP contribution in [0.3, 0.4) is 0 Å². The molecule has 2 heterocycles.